The predicted octanol–water partition coefficient (Wildman–Crippen LogP) is 1.58. The summed E-state index contributed by atoms with van der Waals surface area (Å²) in [6, 6.07) is 7.31. The molecule has 0 spiro atoms. The van der Waals surface area contributed by atoms with Gasteiger partial charge in [0.15, 0.2) is 23.0 Å². The number of methoxy groups -OCH3 is 3. The van der Waals surface area contributed by atoms with Gasteiger partial charge in [-0.05, 0) is 41.0 Å². The number of aliphatic hydroxyl groups excluding tert-OH is 1. The van der Waals surface area contributed by atoms with Gasteiger partial charge in [0.25, 0.3) is 0 Å². The number of rotatable bonds is 4. The Hall–Kier alpha value is -3.17. The van der Waals surface area contributed by atoms with Gasteiger partial charge in [0.1, 0.15) is 0 Å². The summed E-state index contributed by atoms with van der Waals surface area (Å²) in [6.07, 6.45) is -0.843. The number of carbonyl (C=O) groups is 1. The first-order chi connectivity index (χ1) is 14.6. The minimum Gasteiger partial charge on any atom is -0.493 e. The van der Waals surface area contributed by atoms with E-state index in [1.165, 1.54) is 7.11 Å². The summed E-state index contributed by atoms with van der Waals surface area (Å²) in [4.78, 5) is 12.7. The van der Waals surface area contributed by atoms with Crippen LogP contribution in [0.1, 0.15) is 28.7 Å². The standard InChI is InChI=1S/C22H22O8.H2O/c1-25-16-4-10(5-17(26-2)21(16)27-3)18-11-6-14-15(30-9-29-14)7-12(11)20(23)13-8-28-22(24)19(13)18;/h4-7,13,18-20,23H,8-9H2,1-3H3;1H2/t13-,18+,19+,20-;/m0./s1. The van der Waals surface area contributed by atoms with Gasteiger partial charge in [-0.15, -0.1) is 0 Å². The quantitative estimate of drug-likeness (QED) is 0.723. The summed E-state index contributed by atoms with van der Waals surface area (Å²) in [5.74, 6) is 0.989. The molecule has 1 saturated heterocycles. The first-order valence-electron chi connectivity index (χ1n) is 9.65. The smallest absolute Gasteiger partial charge is 0.310 e. The van der Waals surface area contributed by atoms with E-state index in [0.717, 1.165) is 11.1 Å². The van der Waals surface area contributed by atoms with Gasteiger partial charge in [-0.25, -0.2) is 0 Å². The number of hydrogen-bond donors (Lipinski definition) is 1. The van der Waals surface area contributed by atoms with Crippen LogP contribution in [-0.2, 0) is 9.53 Å². The zero-order valence-electron chi connectivity index (χ0n) is 17.3. The van der Waals surface area contributed by atoms with E-state index in [-0.39, 0.29) is 36.7 Å². The predicted molar refractivity (Wildman–Crippen MR) is 107 cm³/mol. The molecule has 9 heteroatoms. The highest BCUT2D eigenvalue weighted by Crippen LogP contribution is 2.55. The van der Waals surface area contributed by atoms with Crippen molar-refractivity contribution in [3.8, 4) is 28.7 Å². The van der Waals surface area contributed by atoms with E-state index in [2.05, 4.69) is 0 Å². The number of carbonyl (C=O) groups excluding carboxylic acids is 1. The molecule has 166 valence electrons. The molecule has 2 aromatic rings. The van der Waals surface area contributed by atoms with Gasteiger partial charge in [0.05, 0.1) is 40.0 Å². The number of aliphatic hydroxyl groups is 1. The molecule has 31 heavy (non-hydrogen) atoms. The summed E-state index contributed by atoms with van der Waals surface area (Å²) in [5, 5.41) is 11.0. The molecule has 0 amide bonds. The van der Waals surface area contributed by atoms with Crippen LogP contribution in [0.25, 0.3) is 0 Å². The average Bonchev–Trinajstić information content (AvgIpc) is 3.38. The van der Waals surface area contributed by atoms with Crippen molar-refractivity contribution in [3.05, 3.63) is 41.0 Å². The molecular formula is C22H24O9. The second kappa shape index (κ2) is 7.82. The van der Waals surface area contributed by atoms with E-state index in [0.29, 0.717) is 34.3 Å². The third-order valence-corrected chi connectivity index (χ3v) is 6.19. The molecule has 1 fully saturated rings. The lowest BCUT2D eigenvalue weighted by molar-refractivity contribution is -0.141. The van der Waals surface area contributed by atoms with Crippen molar-refractivity contribution in [1.29, 1.82) is 0 Å². The molecule has 9 nitrogen and oxygen atoms in total. The molecule has 0 aromatic heterocycles. The second-order valence-electron chi connectivity index (χ2n) is 7.54. The molecule has 2 heterocycles. The molecule has 5 rings (SSSR count). The fraction of sp³-hybridized carbons (Fsp3) is 0.409. The Bertz CT molecular complexity index is 993. The minimum absolute atomic E-state index is 0. The fourth-order valence-corrected chi connectivity index (χ4v) is 4.81. The largest absolute Gasteiger partial charge is 0.493 e. The van der Waals surface area contributed by atoms with Crippen LogP contribution in [0.15, 0.2) is 24.3 Å². The lowest BCUT2D eigenvalue weighted by atomic mass is 9.66. The second-order valence-corrected chi connectivity index (χ2v) is 7.54. The zero-order chi connectivity index (χ0) is 21.0. The van der Waals surface area contributed by atoms with Gasteiger partial charge < -0.3 is 39.0 Å². The SMILES string of the molecule is COc1cc([C@@H]2c3cc4c(cc3[C@H](O)[C@H]3COC(=O)[C@@H]23)OCO4)cc(OC)c1OC.O. The van der Waals surface area contributed by atoms with Crippen LogP contribution in [-0.4, -0.2) is 51.3 Å². The molecule has 1 aliphatic carbocycles. The highest BCUT2D eigenvalue weighted by Gasteiger charge is 2.52. The summed E-state index contributed by atoms with van der Waals surface area (Å²) < 4.78 is 32.9. The van der Waals surface area contributed by atoms with E-state index < -0.39 is 12.0 Å². The number of esters is 1. The number of cyclic esters (lactones) is 1. The van der Waals surface area contributed by atoms with E-state index >= 15 is 0 Å². The Morgan fingerprint density at radius 3 is 2.10 bits per heavy atom. The lowest BCUT2D eigenvalue weighted by Crippen LogP contribution is -2.34. The Morgan fingerprint density at radius 2 is 1.52 bits per heavy atom. The average molecular weight is 432 g/mol. The first-order valence-corrected chi connectivity index (χ1v) is 9.65. The Morgan fingerprint density at radius 1 is 0.903 bits per heavy atom. The zero-order valence-corrected chi connectivity index (χ0v) is 17.3. The number of fused-ring (bicyclic) bond motifs is 3. The van der Waals surface area contributed by atoms with Crippen LogP contribution in [0, 0.1) is 11.8 Å². The van der Waals surface area contributed by atoms with Gasteiger partial charge in [-0.1, -0.05) is 0 Å². The normalized spacial score (nSPS) is 25.1. The molecule has 2 aromatic carbocycles. The van der Waals surface area contributed by atoms with Crippen molar-refractivity contribution < 1.29 is 43.8 Å². The van der Waals surface area contributed by atoms with Gasteiger partial charge in [0.2, 0.25) is 12.5 Å². The maximum Gasteiger partial charge on any atom is 0.310 e. The number of benzene rings is 2. The molecule has 2 aliphatic heterocycles. The summed E-state index contributed by atoms with van der Waals surface area (Å²) in [5.41, 5.74) is 2.30. The van der Waals surface area contributed by atoms with Crippen LogP contribution in [0.3, 0.4) is 0 Å². The lowest BCUT2D eigenvalue weighted by Gasteiger charge is -2.37. The molecule has 0 unspecified atom stereocenters. The van der Waals surface area contributed by atoms with E-state index in [1.807, 2.05) is 18.2 Å². The molecule has 0 saturated carbocycles. The summed E-state index contributed by atoms with van der Waals surface area (Å²) in [7, 11) is 4.63. The maximum atomic E-state index is 12.7. The first kappa shape index (κ1) is 21.1. The van der Waals surface area contributed by atoms with Gasteiger partial charge in [-0.3, -0.25) is 4.79 Å². The number of ether oxygens (including phenoxy) is 6. The van der Waals surface area contributed by atoms with E-state index in [1.54, 1.807) is 20.3 Å². The van der Waals surface area contributed by atoms with Crippen LogP contribution in [0.2, 0.25) is 0 Å². The van der Waals surface area contributed by atoms with Crippen molar-refractivity contribution in [2.45, 2.75) is 12.0 Å². The molecule has 3 N–H and O–H groups in total. The topological polar surface area (TPSA) is 124 Å². The molecule has 3 aliphatic rings. The molecule has 0 radical (unpaired) electrons. The van der Waals surface area contributed by atoms with Gasteiger partial charge >= 0.3 is 5.97 Å². The third-order valence-electron chi connectivity index (χ3n) is 6.19. The van der Waals surface area contributed by atoms with E-state index in [4.69, 9.17) is 28.4 Å². The van der Waals surface area contributed by atoms with Gasteiger partial charge in [0, 0.05) is 11.8 Å². The minimum atomic E-state index is -0.843. The third kappa shape index (κ3) is 3.03. The summed E-state index contributed by atoms with van der Waals surface area (Å²) >= 11 is 0. The molecule has 0 bridgehead atoms. The Kier molecular flexibility index (Phi) is 5.32. The molecular weight excluding hydrogens is 408 g/mol. The van der Waals surface area contributed by atoms with E-state index in [9.17, 15) is 9.90 Å². The monoisotopic (exact) mass is 432 g/mol. The van der Waals surface area contributed by atoms with Crippen LogP contribution in [0.4, 0.5) is 0 Å². The highest BCUT2D eigenvalue weighted by molar-refractivity contribution is 5.79. The Balaban J connectivity index is 0.00000231. The maximum absolute atomic E-state index is 12.7. The fourth-order valence-electron chi connectivity index (χ4n) is 4.81. The van der Waals surface area contributed by atoms with Crippen molar-refractivity contribution in [2.75, 3.05) is 34.7 Å². The van der Waals surface area contributed by atoms with Crippen molar-refractivity contribution in [3.63, 3.8) is 0 Å². The summed E-state index contributed by atoms with van der Waals surface area (Å²) in [6.45, 7) is 0.289. The number of hydrogen-bond acceptors (Lipinski definition) is 8. The molecule has 4 atom stereocenters. The van der Waals surface area contributed by atoms with Crippen molar-refractivity contribution >= 4 is 5.97 Å². The highest BCUT2D eigenvalue weighted by atomic mass is 16.7. The van der Waals surface area contributed by atoms with Crippen LogP contribution < -0.4 is 23.7 Å². The van der Waals surface area contributed by atoms with Crippen molar-refractivity contribution in [1.82, 2.24) is 0 Å². The van der Waals surface area contributed by atoms with Crippen LogP contribution in [0.5, 0.6) is 28.7 Å². The van der Waals surface area contributed by atoms with Gasteiger partial charge in [-0.2, -0.15) is 0 Å². The Labute approximate surface area is 178 Å². The van der Waals surface area contributed by atoms with Crippen LogP contribution >= 0.6 is 0 Å². The van der Waals surface area contributed by atoms with Crippen molar-refractivity contribution in [2.24, 2.45) is 11.8 Å².